The fraction of sp³-hybridized carbons (Fsp3) is 0.308. The van der Waals surface area contributed by atoms with Crippen molar-refractivity contribution < 1.29 is 18.7 Å². The number of rotatable bonds is 5. The number of nitrogens with zero attached hydrogens (tertiary/aromatic N) is 1. The van der Waals surface area contributed by atoms with Gasteiger partial charge in [-0.05, 0) is 31.2 Å². The van der Waals surface area contributed by atoms with Crippen molar-refractivity contribution in [1.29, 1.82) is 5.26 Å². The molecule has 1 rings (SSSR count). The third-order valence-corrected chi connectivity index (χ3v) is 2.28. The van der Waals surface area contributed by atoms with E-state index >= 15 is 0 Å². The Hall–Kier alpha value is -2.22. The van der Waals surface area contributed by atoms with Gasteiger partial charge in [0.05, 0.1) is 12.7 Å². The van der Waals surface area contributed by atoms with Crippen LogP contribution in [0.1, 0.15) is 23.7 Å². The maximum atomic E-state index is 12.7. The van der Waals surface area contributed by atoms with Gasteiger partial charge in [0.2, 0.25) is 0 Å². The standard InChI is InChI=1S/C13H12FNO3/c1-2-18-13(17)10(8-15)7-12(16)9-3-5-11(14)6-4-9/h3-6,10H,2,7H2,1H3/t10-/m1/s1. The van der Waals surface area contributed by atoms with Crippen LogP contribution >= 0.6 is 0 Å². The van der Waals surface area contributed by atoms with Crippen LogP contribution in [0.25, 0.3) is 0 Å². The summed E-state index contributed by atoms with van der Waals surface area (Å²) < 4.78 is 17.3. The number of nitriles is 1. The predicted molar refractivity (Wildman–Crippen MR) is 61.1 cm³/mol. The van der Waals surface area contributed by atoms with Crippen molar-refractivity contribution in [3.05, 3.63) is 35.6 Å². The highest BCUT2D eigenvalue weighted by atomic mass is 19.1. The van der Waals surface area contributed by atoms with E-state index < -0.39 is 23.5 Å². The van der Waals surface area contributed by atoms with Gasteiger partial charge in [-0.25, -0.2) is 4.39 Å². The molecule has 0 bridgehead atoms. The van der Waals surface area contributed by atoms with Crippen LogP contribution in [-0.4, -0.2) is 18.4 Å². The molecule has 0 aliphatic rings. The van der Waals surface area contributed by atoms with Crippen molar-refractivity contribution in [2.45, 2.75) is 13.3 Å². The monoisotopic (exact) mass is 249 g/mol. The van der Waals surface area contributed by atoms with Gasteiger partial charge in [0.25, 0.3) is 0 Å². The van der Waals surface area contributed by atoms with Crippen molar-refractivity contribution in [3.8, 4) is 6.07 Å². The number of esters is 1. The molecule has 1 atom stereocenters. The van der Waals surface area contributed by atoms with E-state index in [0.717, 1.165) is 12.1 Å². The molecule has 0 aromatic heterocycles. The number of Topliss-reactive ketones (excluding diaryl/α,β-unsaturated/α-hetero) is 1. The number of carbonyl (C=O) groups is 2. The number of hydrogen-bond donors (Lipinski definition) is 0. The van der Waals surface area contributed by atoms with Gasteiger partial charge < -0.3 is 4.74 Å². The summed E-state index contributed by atoms with van der Waals surface area (Å²) in [5, 5.41) is 8.80. The second-order valence-corrected chi connectivity index (χ2v) is 3.57. The molecule has 0 radical (unpaired) electrons. The number of hydrogen-bond acceptors (Lipinski definition) is 4. The average Bonchev–Trinajstić information content (AvgIpc) is 2.36. The Balaban J connectivity index is 2.71. The third-order valence-electron chi connectivity index (χ3n) is 2.28. The molecule has 18 heavy (non-hydrogen) atoms. The number of benzene rings is 1. The Morgan fingerprint density at radius 2 is 2.00 bits per heavy atom. The SMILES string of the molecule is CCOC(=O)[C@@H](C#N)CC(=O)c1ccc(F)cc1. The van der Waals surface area contributed by atoms with Gasteiger partial charge in [-0.15, -0.1) is 0 Å². The maximum Gasteiger partial charge on any atom is 0.323 e. The molecule has 0 N–H and O–H groups in total. The first-order valence-electron chi connectivity index (χ1n) is 5.43. The van der Waals surface area contributed by atoms with Gasteiger partial charge in [-0.3, -0.25) is 9.59 Å². The lowest BCUT2D eigenvalue weighted by Crippen LogP contribution is -2.19. The van der Waals surface area contributed by atoms with Crippen LogP contribution in [0.4, 0.5) is 4.39 Å². The quantitative estimate of drug-likeness (QED) is 0.592. The highest BCUT2D eigenvalue weighted by Crippen LogP contribution is 2.12. The van der Waals surface area contributed by atoms with Crippen molar-refractivity contribution in [3.63, 3.8) is 0 Å². The Labute approximate surface area is 104 Å². The molecule has 5 heteroatoms. The zero-order valence-corrected chi connectivity index (χ0v) is 9.85. The fourth-order valence-electron chi connectivity index (χ4n) is 1.36. The molecule has 0 fully saturated rings. The molecule has 0 spiro atoms. The summed E-state index contributed by atoms with van der Waals surface area (Å²) >= 11 is 0. The van der Waals surface area contributed by atoms with Crippen molar-refractivity contribution in [1.82, 2.24) is 0 Å². The second kappa shape index (κ2) is 6.50. The summed E-state index contributed by atoms with van der Waals surface area (Å²) in [4.78, 5) is 23.1. The first kappa shape index (κ1) is 13.8. The third kappa shape index (κ3) is 3.67. The lowest BCUT2D eigenvalue weighted by atomic mass is 9.99. The van der Waals surface area contributed by atoms with Crippen LogP contribution in [0.15, 0.2) is 24.3 Å². The van der Waals surface area contributed by atoms with Gasteiger partial charge in [0.1, 0.15) is 5.82 Å². The van der Waals surface area contributed by atoms with E-state index in [4.69, 9.17) is 5.26 Å². The highest BCUT2D eigenvalue weighted by Gasteiger charge is 2.23. The molecule has 1 aromatic rings. The Kier molecular flexibility index (Phi) is 5.00. The number of halogens is 1. The molecular formula is C13H12FNO3. The molecule has 1 aromatic carbocycles. The summed E-state index contributed by atoms with van der Waals surface area (Å²) in [6, 6.07) is 6.67. The van der Waals surface area contributed by atoms with Crippen LogP contribution in [0.5, 0.6) is 0 Å². The van der Waals surface area contributed by atoms with E-state index in [2.05, 4.69) is 4.74 Å². The zero-order chi connectivity index (χ0) is 13.5. The van der Waals surface area contributed by atoms with Crippen molar-refractivity contribution >= 4 is 11.8 Å². The van der Waals surface area contributed by atoms with Crippen LogP contribution in [-0.2, 0) is 9.53 Å². The minimum atomic E-state index is -1.12. The van der Waals surface area contributed by atoms with Crippen molar-refractivity contribution in [2.24, 2.45) is 5.92 Å². The summed E-state index contributed by atoms with van der Waals surface area (Å²) in [5.74, 6) is -2.68. The molecule has 0 saturated heterocycles. The summed E-state index contributed by atoms with van der Waals surface area (Å²) in [6.07, 6.45) is -0.263. The molecule has 0 aliphatic carbocycles. The predicted octanol–water partition coefficient (Wildman–Crippen LogP) is 2.10. The van der Waals surface area contributed by atoms with Gasteiger partial charge in [-0.2, -0.15) is 5.26 Å². The summed E-state index contributed by atoms with van der Waals surface area (Å²) in [7, 11) is 0. The van der Waals surface area contributed by atoms with Crippen LogP contribution in [0.2, 0.25) is 0 Å². The molecular weight excluding hydrogens is 237 g/mol. The average molecular weight is 249 g/mol. The van der Waals surface area contributed by atoms with Gasteiger partial charge in [0, 0.05) is 12.0 Å². The summed E-state index contributed by atoms with van der Waals surface area (Å²) in [6.45, 7) is 1.77. The van der Waals surface area contributed by atoms with E-state index in [1.165, 1.54) is 12.1 Å². The highest BCUT2D eigenvalue weighted by molar-refractivity contribution is 5.98. The van der Waals surface area contributed by atoms with Gasteiger partial charge in [0.15, 0.2) is 11.7 Å². The topological polar surface area (TPSA) is 67.2 Å². The first-order valence-corrected chi connectivity index (χ1v) is 5.43. The van der Waals surface area contributed by atoms with Gasteiger partial charge in [-0.1, -0.05) is 0 Å². The second-order valence-electron chi connectivity index (χ2n) is 3.57. The molecule has 0 amide bonds. The van der Waals surface area contributed by atoms with E-state index in [0.29, 0.717) is 0 Å². The zero-order valence-electron chi connectivity index (χ0n) is 9.85. The van der Waals surface area contributed by atoms with E-state index in [9.17, 15) is 14.0 Å². The Morgan fingerprint density at radius 1 is 1.39 bits per heavy atom. The lowest BCUT2D eigenvalue weighted by molar-refractivity contribution is -0.145. The number of ether oxygens (including phenoxy) is 1. The molecule has 0 saturated carbocycles. The molecule has 0 heterocycles. The summed E-state index contributed by atoms with van der Waals surface area (Å²) in [5.41, 5.74) is 0.265. The van der Waals surface area contributed by atoms with Crippen molar-refractivity contribution in [2.75, 3.05) is 6.61 Å². The molecule has 0 unspecified atom stereocenters. The van der Waals surface area contributed by atoms with Crippen LogP contribution < -0.4 is 0 Å². The van der Waals surface area contributed by atoms with E-state index in [-0.39, 0.29) is 18.6 Å². The van der Waals surface area contributed by atoms with Crippen LogP contribution in [0.3, 0.4) is 0 Å². The molecule has 4 nitrogen and oxygen atoms in total. The fourth-order valence-corrected chi connectivity index (χ4v) is 1.36. The Bertz CT molecular complexity index is 476. The van der Waals surface area contributed by atoms with E-state index in [1.54, 1.807) is 13.0 Å². The number of ketones is 1. The normalized spacial score (nSPS) is 11.4. The van der Waals surface area contributed by atoms with Crippen LogP contribution in [0, 0.1) is 23.1 Å². The molecule has 94 valence electrons. The maximum absolute atomic E-state index is 12.7. The molecule has 0 aliphatic heterocycles. The van der Waals surface area contributed by atoms with Gasteiger partial charge >= 0.3 is 5.97 Å². The number of carbonyl (C=O) groups excluding carboxylic acids is 2. The Morgan fingerprint density at radius 3 is 2.50 bits per heavy atom. The van der Waals surface area contributed by atoms with E-state index in [1.807, 2.05) is 0 Å². The minimum absolute atomic E-state index is 0.155. The lowest BCUT2D eigenvalue weighted by Gasteiger charge is -2.07. The largest absolute Gasteiger partial charge is 0.465 e. The minimum Gasteiger partial charge on any atom is -0.465 e. The first-order chi connectivity index (χ1) is 8.58. The smallest absolute Gasteiger partial charge is 0.323 e.